The molecule has 1 saturated carbocycles. The minimum Gasteiger partial charge on any atom is -0.228 e. The molecule has 0 aliphatic heterocycles. The highest BCUT2D eigenvalue weighted by Gasteiger charge is 2.35. The smallest absolute Gasteiger partial charge is 0.160 e. The van der Waals surface area contributed by atoms with Crippen molar-refractivity contribution in [1.82, 2.24) is 9.97 Å². The fourth-order valence-electron chi connectivity index (χ4n) is 8.25. The standard InChI is InChI=1S/C50H40N2/c1-4-15-38(16-5-1)47-35-48(39-17-6-2-7-18-39)52-49(51-47)40-26-30-44(31-27-40)50(32-10-3-11-33-50)43-28-24-36(25-29-43)41-20-12-21-42(34-41)46-23-13-19-37-14-8-9-22-45(37)46/h1-2,4-9,12-31,34-35H,3,10-11,32-33H2. The first kappa shape index (κ1) is 31.8. The second-order valence-electron chi connectivity index (χ2n) is 14.1. The highest BCUT2D eigenvalue weighted by molar-refractivity contribution is 5.97. The van der Waals surface area contributed by atoms with Crippen LogP contribution in [-0.2, 0) is 5.41 Å². The normalized spacial score (nSPS) is 13.9. The van der Waals surface area contributed by atoms with Gasteiger partial charge in [0.15, 0.2) is 5.82 Å². The van der Waals surface area contributed by atoms with Gasteiger partial charge in [0.05, 0.1) is 11.4 Å². The van der Waals surface area contributed by atoms with E-state index in [2.05, 4.69) is 170 Å². The minimum atomic E-state index is -0.0118. The molecule has 0 atom stereocenters. The molecule has 1 aliphatic carbocycles. The summed E-state index contributed by atoms with van der Waals surface area (Å²) in [4.78, 5) is 10.2. The summed E-state index contributed by atoms with van der Waals surface area (Å²) in [6, 6.07) is 65.7. The Balaban J connectivity index is 1.05. The number of hydrogen-bond acceptors (Lipinski definition) is 2. The molecule has 8 aromatic rings. The molecule has 9 rings (SSSR count). The lowest BCUT2D eigenvalue weighted by atomic mass is 9.65. The van der Waals surface area contributed by atoms with Crippen LogP contribution in [0.2, 0.25) is 0 Å². The van der Waals surface area contributed by atoms with Crippen LogP contribution in [0, 0.1) is 0 Å². The minimum absolute atomic E-state index is 0.0118. The maximum Gasteiger partial charge on any atom is 0.160 e. The SMILES string of the molecule is c1ccc(-c2cc(-c3ccccc3)nc(-c3ccc(C4(c5ccc(-c6cccc(-c7cccc8ccccc78)c6)cc5)CCCCC4)cc3)n2)cc1. The molecule has 0 spiro atoms. The van der Waals surface area contributed by atoms with Crippen molar-refractivity contribution >= 4 is 10.8 Å². The van der Waals surface area contributed by atoms with Gasteiger partial charge in [0, 0.05) is 22.1 Å². The van der Waals surface area contributed by atoms with E-state index in [0.717, 1.165) is 46.7 Å². The van der Waals surface area contributed by atoms with Crippen LogP contribution in [0.5, 0.6) is 0 Å². The van der Waals surface area contributed by atoms with Gasteiger partial charge in [-0.25, -0.2) is 9.97 Å². The molecule has 7 aromatic carbocycles. The third-order valence-corrected chi connectivity index (χ3v) is 11.0. The van der Waals surface area contributed by atoms with E-state index in [0.29, 0.717) is 0 Å². The van der Waals surface area contributed by atoms with E-state index < -0.39 is 0 Å². The largest absolute Gasteiger partial charge is 0.228 e. The molecule has 2 nitrogen and oxygen atoms in total. The van der Waals surface area contributed by atoms with E-state index in [9.17, 15) is 0 Å². The molecule has 0 N–H and O–H groups in total. The van der Waals surface area contributed by atoms with Crippen molar-refractivity contribution in [2.75, 3.05) is 0 Å². The van der Waals surface area contributed by atoms with Gasteiger partial charge in [-0.1, -0.05) is 189 Å². The molecule has 250 valence electrons. The van der Waals surface area contributed by atoms with Crippen molar-refractivity contribution in [2.45, 2.75) is 37.5 Å². The van der Waals surface area contributed by atoms with Crippen molar-refractivity contribution in [3.8, 4) is 56.2 Å². The lowest BCUT2D eigenvalue weighted by molar-refractivity contribution is 0.346. The summed E-state index contributed by atoms with van der Waals surface area (Å²) in [5.74, 6) is 0.750. The molecular formula is C50H40N2. The highest BCUT2D eigenvalue weighted by atomic mass is 14.9. The number of nitrogens with zero attached hydrogens (tertiary/aromatic N) is 2. The summed E-state index contributed by atoms with van der Waals surface area (Å²) in [5.41, 5.74) is 12.9. The Bertz CT molecular complexity index is 2400. The second-order valence-corrected chi connectivity index (χ2v) is 14.1. The summed E-state index contributed by atoms with van der Waals surface area (Å²) < 4.78 is 0. The molecular weight excluding hydrogens is 629 g/mol. The average molecular weight is 669 g/mol. The maximum atomic E-state index is 5.08. The number of aromatic nitrogens is 2. The quantitative estimate of drug-likeness (QED) is 0.169. The molecule has 1 aromatic heterocycles. The van der Waals surface area contributed by atoms with Crippen LogP contribution in [0.1, 0.15) is 43.2 Å². The molecule has 0 unspecified atom stereocenters. The first-order chi connectivity index (χ1) is 25.7. The number of benzene rings is 7. The van der Waals surface area contributed by atoms with E-state index in [-0.39, 0.29) is 5.41 Å². The van der Waals surface area contributed by atoms with Gasteiger partial charge < -0.3 is 0 Å². The van der Waals surface area contributed by atoms with Gasteiger partial charge in [0.2, 0.25) is 0 Å². The molecule has 0 bridgehead atoms. The molecule has 1 fully saturated rings. The summed E-state index contributed by atoms with van der Waals surface area (Å²) in [6.45, 7) is 0. The van der Waals surface area contributed by atoms with Crippen LogP contribution < -0.4 is 0 Å². The van der Waals surface area contributed by atoms with Crippen molar-refractivity contribution in [3.05, 3.63) is 193 Å². The third kappa shape index (κ3) is 6.11. The van der Waals surface area contributed by atoms with Crippen LogP contribution >= 0.6 is 0 Å². The van der Waals surface area contributed by atoms with E-state index in [4.69, 9.17) is 9.97 Å². The number of fused-ring (bicyclic) bond motifs is 1. The molecule has 52 heavy (non-hydrogen) atoms. The fraction of sp³-hybridized carbons (Fsp3) is 0.120. The van der Waals surface area contributed by atoms with Crippen molar-refractivity contribution in [1.29, 1.82) is 0 Å². The maximum absolute atomic E-state index is 5.08. The summed E-state index contributed by atoms with van der Waals surface area (Å²) >= 11 is 0. The predicted molar refractivity (Wildman–Crippen MR) is 217 cm³/mol. The fourth-order valence-corrected chi connectivity index (χ4v) is 8.25. The zero-order valence-electron chi connectivity index (χ0n) is 29.3. The van der Waals surface area contributed by atoms with Gasteiger partial charge in [-0.15, -0.1) is 0 Å². The van der Waals surface area contributed by atoms with Crippen LogP contribution in [0.3, 0.4) is 0 Å². The molecule has 0 saturated heterocycles. The van der Waals surface area contributed by atoms with E-state index in [1.165, 1.54) is 63.4 Å². The molecule has 0 amide bonds. The predicted octanol–water partition coefficient (Wildman–Crippen LogP) is 13.2. The zero-order valence-corrected chi connectivity index (χ0v) is 29.3. The highest BCUT2D eigenvalue weighted by Crippen LogP contribution is 2.46. The number of hydrogen-bond donors (Lipinski definition) is 0. The first-order valence-electron chi connectivity index (χ1n) is 18.5. The molecule has 2 heteroatoms. The van der Waals surface area contributed by atoms with Crippen LogP contribution in [-0.4, -0.2) is 9.97 Å². The Morgan fingerprint density at radius 2 is 0.885 bits per heavy atom. The van der Waals surface area contributed by atoms with Crippen LogP contribution in [0.15, 0.2) is 182 Å². The average Bonchev–Trinajstić information content (AvgIpc) is 3.24. The third-order valence-electron chi connectivity index (χ3n) is 11.0. The van der Waals surface area contributed by atoms with E-state index >= 15 is 0 Å². The Hall–Kier alpha value is -6.12. The Kier molecular flexibility index (Phi) is 8.50. The van der Waals surface area contributed by atoms with Gasteiger partial charge in [-0.2, -0.15) is 0 Å². The molecule has 1 heterocycles. The van der Waals surface area contributed by atoms with Crippen molar-refractivity contribution in [3.63, 3.8) is 0 Å². The summed E-state index contributed by atoms with van der Waals surface area (Å²) in [6.07, 6.45) is 6.07. The lowest BCUT2D eigenvalue weighted by Gasteiger charge is -2.39. The summed E-state index contributed by atoms with van der Waals surface area (Å²) in [7, 11) is 0. The first-order valence-corrected chi connectivity index (χ1v) is 18.5. The molecule has 1 aliphatic rings. The van der Waals surface area contributed by atoms with Gasteiger partial charge in [0.25, 0.3) is 0 Å². The van der Waals surface area contributed by atoms with Gasteiger partial charge in [-0.05, 0) is 69.1 Å². The van der Waals surface area contributed by atoms with Crippen molar-refractivity contribution in [2.24, 2.45) is 0 Å². The zero-order chi connectivity index (χ0) is 34.7. The van der Waals surface area contributed by atoms with E-state index in [1.54, 1.807) is 0 Å². The molecule has 0 radical (unpaired) electrons. The number of rotatable bonds is 7. The Morgan fingerprint density at radius 1 is 0.365 bits per heavy atom. The topological polar surface area (TPSA) is 25.8 Å². The van der Waals surface area contributed by atoms with Crippen LogP contribution in [0.25, 0.3) is 66.9 Å². The van der Waals surface area contributed by atoms with Gasteiger partial charge in [0.1, 0.15) is 0 Å². The second kappa shape index (κ2) is 13.9. The van der Waals surface area contributed by atoms with Gasteiger partial charge in [-0.3, -0.25) is 0 Å². The Labute approximate surface area is 306 Å². The monoisotopic (exact) mass is 668 g/mol. The lowest BCUT2D eigenvalue weighted by Crippen LogP contribution is -2.30. The van der Waals surface area contributed by atoms with E-state index in [1.807, 2.05) is 12.1 Å². The Morgan fingerprint density at radius 3 is 1.54 bits per heavy atom. The van der Waals surface area contributed by atoms with Crippen molar-refractivity contribution < 1.29 is 0 Å². The van der Waals surface area contributed by atoms with Gasteiger partial charge >= 0.3 is 0 Å². The van der Waals surface area contributed by atoms with Crippen LogP contribution in [0.4, 0.5) is 0 Å². The summed E-state index contributed by atoms with van der Waals surface area (Å²) in [5, 5.41) is 2.56.